The van der Waals surface area contributed by atoms with E-state index >= 15 is 0 Å². The second kappa shape index (κ2) is 4.68. The maximum atomic E-state index is 12.9. The smallest absolute Gasteiger partial charge is 0.113 e. The molecule has 0 aliphatic heterocycles. The summed E-state index contributed by atoms with van der Waals surface area (Å²) in [6.07, 6.45) is 0.241. The third kappa shape index (κ3) is 2.52. The topological polar surface area (TPSA) is 38.9 Å². The number of benzene rings is 1. The quantitative estimate of drug-likeness (QED) is 0.866. The number of para-hydroxylation sites is 1. The van der Waals surface area contributed by atoms with E-state index in [0.29, 0.717) is 12.8 Å². The van der Waals surface area contributed by atoms with E-state index in [2.05, 4.69) is 4.98 Å². The van der Waals surface area contributed by atoms with Crippen LogP contribution in [0, 0.1) is 0 Å². The second-order valence-electron chi connectivity index (χ2n) is 3.45. The molecule has 2 aromatic rings. The highest BCUT2D eigenvalue weighted by Crippen LogP contribution is 2.22. The monoisotopic (exact) mass is 224 g/mol. The van der Waals surface area contributed by atoms with Crippen molar-refractivity contribution in [3.05, 3.63) is 29.3 Å². The van der Waals surface area contributed by atoms with Crippen LogP contribution in [-0.4, -0.2) is 17.7 Å². The van der Waals surface area contributed by atoms with Gasteiger partial charge in [0.25, 0.3) is 0 Å². The third-order valence-electron chi connectivity index (χ3n) is 2.27. The molecule has 0 fully saturated rings. The van der Waals surface area contributed by atoms with Crippen molar-refractivity contribution in [3.8, 4) is 0 Å². The van der Waals surface area contributed by atoms with E-state index in [1.54, 1.807) is 11.3 Å². The molecule has 0 saturated carbocycles. The van der Waals surface area contributed by atoms with E-state index in [4.69, 9.17) is 5.73 Å². The highest BCUT2D eigenvalue weighted by Gasteiger charge is 2.07. The number of aromatic nitrogens is 1. The summed E-state index contributed by atoms with van der Waals surface area (Å²) in [4.78, 5) is 4.43. The van der Waals surface area contributed by atoms with Gasteiger partial charge < -0.3 is 5.73 Å². The summed E-state index contributed by atoms with van der Waals surface area (Å²) >= 11 is 1.63. The molecular formula is C11H13FN2S. The molecule has 1 unspecified atom stereocenters. The summed E-state index contributed by atoms with van der Waals surface area (Å²) in [6, 6.07) is 7.96. The van der Waals surface area contributed by atoms with Gasteiger partial charge in [-0.2, -0.15) is 0 Å². The fourth-order valence-corrected chi connectivity index (χ4v) is 2.41. The van der Waals surface area contributed by atoms with Crippen LogP contribution in [0.25, 0.3) is 10.2 Å². The number of hydrogen-bond donors (Lipinski definition) is 1. The molecule has 80 valence electrons. The highest BCUT2D eigenvalue weighted by molar-refractivity contribution is 7.18. The molecule has 2 N–H and O–H groups in total. The lowest BCUT2D eigenvalue weighted by molar-refractivity contribution is 0.322. The summed E-state index contributed by atoms with van der Waals surface area (Å²) in [5, 5.41) is 0.993. The number of thiazole rings is 1. The van der Waals surface area contributed by atoms with E-state index in [-0.39, 0.29) is 6.54 Å². The van der Waals surface area contributed by atoms with E-state index in [9.17, 15) is 4.39 Å². The molecule has 2 rings (SSSR count). The minimum Gasteiger partial charge on any atom is -0.328 e. The summed E-state index contributed by atoms with van der Waals surface area (Å²) in [6.45, 7) is 0.102. The fraction of sp³-hybridized carbons (Fsp3) is 0.364. The van der Waals surface area contributed by atoms with E-state index < -0.39 is 6.17 Å². The molecule has 0 aliphatic rings. The number of aryl methyl sites for hydroxylation is 1. The zero-order valence-electron chi connectivity index (χ0n) is 8.32. The van der Waals surface area contributed by atoms with Gasteiger partial charge in [-0.3, -0.25) is 0 Å². The average Bonchev–Trinajstić information content (AvgIpc) is 2.68. The van der Waals surface area contributed by atoms with Crippen LogP contribution < -0.4 is 5.73 Å². The molecular weight excluding hydrogens is 211 g/mol. The van der Waals surface area contributed by atoms with Crippen LogP contribution in [0.15, 0.2) is 24.3 Å². The van der Waals surface area contributed by atoms with Crippen LogP contribution in [0.1, 0.15) is 11.4 Å². The van der Waals surface area contributed by atoms with Gasteiger partial charge in [-0.1, -0.05) is 12.1 Å². The van der Waals surface area contributed by atoms with Crippen molar-refractivity contribution in [1.29, 1.82) is 0 Å². The van der Waals surface area contributed by atoms with Crippen molar-refractivity contribution >= 4 is 21.6 Å². The standard InChI is InChI=1S/C11H13FN2S/c12-8(7-13)5-6-11-14-9-3-1-2-4-10(9)15-11/h1-4,8H,5-7,13H2. The lowest BCUT2D eigenvalue weighted by Crippen LogP contribution is -2.15. The lowest BCUT2D eigenvalue weighted by Gasteiger charge is -2.01. The SMILES string of the molecule is NCC(F)CCc1nc2ccccc2s1. The number of nitrogens with two attached hydrogens (primary N) is 1. The van der Waals surface area contributed by atoms with Gasteiger partial charge in [-0.05, 0) is 18.6 Å². The van der Waals surface area contributed by atoms with E-state index in [1.165, 1.54) is 0 Å². The first-order chi connectivity index (χ1) is 7.29. The molecule has 1 aromatic carbocycles. The molecule has 0 radical (unpaired) electrons. The van der Waals surface area contributed by atoms with Crippen molar-refractivity contribution < 1.29 is 4.39 Å². The third-order valence-corrected chi connectivity index (χ3v) is 3.36. The first kappa shape index (κ1) is 10.5. The van der Waals surface area contributed by atoms with Crippen LogP contribution in [0.3, 0.4) is 0 Å². The summed E-state index contributed by atoms with van der Waals surface area (Å²) in [5.41, 5.74) is 6.22. The lowest BCUT2D eigenvalue weighted by atomic mass is 10.2. The van der Waals surface area contributed by atoms with Crippen LogP contribution >= 0.6 is 11.3 Å². The van der Waals surface area contributed by atoms with Crippen LogP contribution in [-0.2, 0) is 6.42 Å². The Labute approximate surface area is 91.9 Å². The maximum absolute atomic E-state index is 12.9. The van der Waals surface area contributed by atoms with E-state index in [0.717, 1.165) is 15.2 Å². The molecule has 4 heteroatoms. The first-order valence-corrected chi connectivity index (χ1v) is 5.80. The molecule has 15 heavy (non-hydrogen) atoms. The molecule has 0 aliphatic carbocycles. The Kier molecular flexibility index (Phi) is 3.28. The Hall–Kier alpha value is -1.00. The van der Waals surface area contributed by atoms with Gasteiger partial charge in [0.15, 0.2) is 0 Å². The minimum absolute atomic E-state index is 0.102. The van der Waals surface area contributed by atoms with Crippen LogP contribution in [0.2, 0.25) is 0 Å². The zero-order valence-corrected chi connectivity index (χ0v) is 9.14. The van der Waals surface area contributed by atoms with Gasteiger partial charge in [0, 0.05) is 13.0 Å². The van der Waals surface area contributed by atoms with Crippen molar-refractivity contribution in [3.63, 3.8) is 0 Å². The highest BCUT2D eigenvalue weighted by atomic mass is 32.1. The summed E-state index contributed by atoms with van der Waals surface area (Å²) in [5.74, 6) is 0. The Morgan fingerprint density at radius 2 is 2.20 bits per heavy atom. The van der Waals surface area contributed by atoms with Crippen molar-refractivity contribution in [2.45, 2.75) is 19.0 Å². The Morgan fingerprint density at radius 1 is 1.40 bits per heavy atom. The van der Waals surface area contributed by atoms with Crippen molar-refractivity contribution in [2.75, 3.05) is 6.54 Å². The Morgan fingerprint density at radius 3 is 2.93 bits per heavy atom. The number of nitrogens with zero attached hydrogens (tertiary/aromatic N) is 1. The number of halogens is 1. The summed E-state index contributed by atoms with van der Waals surface area (Å²) in [7, 11) is 0. The van der Waals surface area contributed by atoms with Crippen LogP contribution in [0.4, 0.5) is 4.39 Å². The second-order valence-corrected chi connectivity index (χ2v) is 4.56. The van der Waals surface area contributed by atoms with E-state index in [1.807, 2.05) is 24.3 Å². The molecule has 1 aromatic heterocycles. The van der Waals surface area contributed by atoms with Gasteiger partial charge >= 0.3 is 0 Å². The predicted molar refractivity (Wildman–Crippen MR) is 61.9 cm³/mol. The van der Waals surface area contributed by atoms with Gasteiger partial charge in [-0.25, -0.2) is 9.37 Å². The van der Waals surface area contributed by atoms with Crippen molar-refractivity contribution in [1.82, 2.24) is 4.98 Å². The van der Waals surface area contributed by atoms with Gasteiger partial charge in [-0.15, -0.1) is 11.3 Å². The normalized spacial score (nSPS) is 13.2. The van der Waals surface area contributed by atoms with Crippen LogP contribution in [0.5, 0.6) is 0 Å². The number of alkyl halides is 1. The summed E-state index contributed by atoms with van der Waals surface area (Å²) < 4.78 is 14.1. The van der Waals surface area contributed by atoms with Crippen molar-refractivity contribution in [2.24, 2.45) is 5.73 Å². The molecule has 1 atom stereocenters. The molecule has 0 spiro atoms. The molecule has 1 heterocycles. The average molecular weight is 224 g/mol. The molecule has 2 nitrogen and oxygen atoms in total. The molecule has 0 saturated heterocycles. The maximum Gasteiger partial charge on any atom is 0.113 e. The van der Waals surface area contributed by atoms with Gasteiger partial charge in [0.05, 0.1) is 15.2 Å². The molecule has 0 amide bonds. The number of rotatable bonds is 4. The zero-order chi connectivity index (χ0) is 10.7. The Balaban J connectivity index is 2.09. The fourth-order valence-electron chi connectivity index (χ4n) is 1.42. The molecule has 0 bridgehead atoms. The first-order valence-electron chi connectivity index (χ1n) is 4.98. The number of fused-ring (bicyclic) bond motifs is 1. The van der Waals surface area contributed by atoms with Gasteiger partial charge in [0.1, 0.15) is 6.17 Å². The largest absolute Gasteiger partial charge is 0.328 e. The number of hydrogen-bond acceptors (Lipinski definition) is 3. The predicted octanol–water partition coefficient (Wildman–Crippen LogP) is 2.53. The minimum atomic E-state index is -0.906. The Bertz CT molecular complexity index is 408. The van der Waals surface area contributed by atoms with Gasteiger partial charge in [0.2, 0.25) is 0 Å².